The molecule has 1 heterocycles. The van der Waals surface area contributed by atoms with Crippen LogP contribution in [0, 0.1) is 6.92 Å². The lowest BCUT2D eigenvalue weighted by atomic mass is 10.1. The molecule has 100 valence electrons. The standard InChI is InChI=1S/C14H19N5/c1-4-11-5-7-12(8-6-11)19(3)14-9-13(18-15)16-10(2)17-14/h5-9H,4,15H2,1-3H3,(H,16,17,18). The molecule has 1 aromatic heterocycles. The van der Waals surface area contributed by atoms with Crippen LogP contribution in [0.3, 0.4) is 0 Å². The number of aromatic nitrogens is 2. The largest absolute Gasteiger partial charge is 0.329 e. The molecule has 1 aromatic carbocycles. The van der Waals surface area contributed by atoms with Gasteiger partial charge in [0.15, 0.2) is 0 Å². The molecule has 0 aliphatic carbocycles. The lowest BCUT2D eigenvalue weighted by molar-refractivity contribution is 1.01. The maximum Gasteiger partial charge on any atom is 0.145 e. The highest BCUT2D eigenvalue weighted by Crippen LogP contribution is 2.23. The first-order valence-corrected chi connectivity index (χ1v) is 6.29. The van der Waals surface area contributed by atoms with Crippen LogP contribution in [0.5, 0.6) is 0 Å². The van der Waals surface area contributed by atoms with Crippen molar-refractivity contribution >= 4 is 17.3 Å². The van der Waals surface area contributed by atoms with Crippen molar-refractivity contribution < 1.29 is 0 Å². The van der Waals surface area contributed by atoms with Crippen molar-refractivity contribution in [2.24, 2.45) is 5.84 Å². The Morgan fingerprint density at radius 2 is 1.89 bits per heavy atom. The zero-order valence-electron chi connectivity index (χ0n) is 11.5. The van der Waals surface area contributed by atoms with E-state index >= 15 is 0 Å². The molecule has 0 atom stereocenters. The first-order chi connectivity index (χ1) is 9.13. The first-order valence-electron chi connectivity index (χ1n) is 6.29. The maximum absolute atomic E-state index is 5.41. The number of anilines is 3. The van der Waals surface area contributed by atoms with E-state index in [4.69, 9.17) is 5.84 Å². The number of nitrogens with zero attached hydrogens (tertiary/aromatic N) is 3. The molecule has 0 saturated heterocycles. The third-order valence-corrected chi connectivity index (χ3v) is 3.05. The highest BCUT2D eigenvalue weighted by Gasteiger charge is 2.08. The van der Waals surface area contributed by atoms with E-state index < -0.39 is 0 Å². The summed E-state index contributed by atoms with van der Waals surface area (Å²) in [4.78, 5) is 10.6. The van der Waals surface area contributed by atoms with Gasteiger partial charge < -0.3 is 10.3 Å². The van der Waals surface area contributed by atoms with Gasteiger partial charge in [0.1, 0.15) is 17.5 Å². The molecule has 3 N–H and O–H groups in total. The lowest BCUT2D eigenvalue weighted by Gasteiger charge is -2.19. The number of aryl methyl sites for hydroxylation is 2. The molecule has 2 aromatic rings. The molecule has 0 amide bonds. The van der Waals surface area contributed by atoms with Crippen molar-refractivity contribution in [2.45, 2.75) is 20.3 Å². The number of benzene rings is 1. The van der Waals surface area contributed by atoms with Gasteiger partial charge in [-0.1, -0.05) is 19.1 Å². The Balaban J connectivity index is 2.31. The summed E-state index contributed by atoms with van der Waals surface area (Å²) in [7, 11) is 1.98. The Bertz CT molecular complexity index is 550. The van der Waals surface area contributed by atoms with Crippen LogP contribution >= 0.6 is 0 Å². The quantitative estimate of drug-likeness (QED) is 0.650. The summed E-state index contributed by atoms with van der Waals surface area (Å²) in [6.45, 7) is 3.99. The van der Waals surface area contributed by atoms with E-state index in [0.717, 1.165) is 17.9 Å². The highest BCUT2D eigenvalue weighted by atomic mass is 15.3. The third-order valence-electron chi connectivity index (χ3n) is 3.05. The van der Waals surface area contributed by atoms with Gasteiger partial charge in [0.2, 0.25) is 0 Å². The molecule has 0 unspecified atom stereocenters. The lowest BCUT2D eigenvalue weighted by Crippen LogP contribution is -2.15. The number of hydrogen-bond acceptors (Lipinski definition) is 5. The van der Waals surface area contributed by atoms with Crippen molar-refractivity contribution in [3.63, 3.8) is 0 Å². The second kappa shape index (κ2) is 5.67. The number of nitrogens with one attached hydrogen (secondary N) is 1. The predicted octanol–water partition coefficient (Wildman–Crippen LogP) is 2.40. The number of nitrogen functional groups attached to an aromatic ring is 1. The molecule has 0 bridgehead atoms. The van der Waals surface area contributed by atoms with Crippen LogP contribution in [-0.2, 0) is 6.42 Å². The summed E-state index contributed by atoms with van der Waals surface area (Å²) in [5.41, 5.74) is 4.96. The number of rotatable bonds is 4. The van der Waals surface area contributed by atoms with Gasteiger partial charge in [0, 0.05) is 18.8 Å². The van der Waals surface area contributed by atoms with Gasteiger partial charge in [0.05, 0.1) is 0 Å². The molecular formula is C14H19N5. The van der Waals surface area contributed by atoms with Crippen molar-refractivity contribution in [1.29, 1.82) is 0 Å². The normalized spacial score (nSPS) is 10.3. The van der Waals surface area contributed by atoms with E-state index in [-0.39, 0.29) is 0 Å². The van der Waals surface area contributed by atoms with Crippen molar-refractivity contribution in [3.05, 3.63) is 41.7 Å². The van der Waals surface area contributed by atoms with Crippen LogP contribution < -0.4 is 16.2 Å². The Labute approximate surface area is 113 Å². The Kier molecular flexibility index (Phi) is 3.97. The van der Waals surface area contributed by atoms with E-state index in [9.17, 15) is 0 Å². The van der Waals surface area contributed by atoms with Crippen molar-refractivity contribution in [1.82, 2.24) is 9.97 Å². The van der Waals surface area contributed by atoms with E-state index in [1.54, 1.807) is 0 Å². The molecular weight excluding hydrogens is 238 g/mol. The molecule has 0 radical (unpaired) electrons. The molecule has 19 heavy (non-hydrogen) atoms. The van der Waals surface area contributed by atoms with Crippen LogP contribution in [0.4, 0.5) is 17.3 Å². The number of hydrogen-bond donors (Lipinski definition) is 2. The van der Waals surface area contributed by atoms with Crippen LogP contribution in [-0.4, -0.2) is 17.0 Å². The van der Waals surface area contributed by atoms with E-state index in [1.807, 2.05) is 24.9 Å². The highest BCUT2D eigenvalue weighted by molar-refractivity contribution is 5.61. The predicted molar refractivity (Wildman–Crippen MR) is 78.5 cm³/mol. The zero-order valence-corrected chi connectivity index (χ0v) is 11.5. The molecule has 0 fully saturated rings. The smallest absolute Gasteiger partial charge is 0.145 e. The number of hydrazine groups is 1. The van der Waals surface area contributed by atoms with Crippen LogP contribution in [0.15, 0.2) is 30.3 Å². The van der Waals surface area contributed by atoms with E-state index in [0.29, 0.717) is 11.6 Å². The minimum Gasteiger partial charge on any atom is -0.329 e. The summed E-state index contributed by atoms with van der Waals surface area (Å²) in [6, 6.07) is 10.3. The fraction of sp³-hybridized carbons (Fsp3) is 0.286. The van der Waals surface area contributed by atoms with Gasteiger partial charge >= 0.3 is 0 Å². The topological polar surface area (TPSA) is 67.1 Å². The van der Waals surface area contributed by atoms with Gasteiger partial charge in [-0.2, -0.15) is 0 Å². The minimum absolute atomic E-state index is 0.611. The molecule has 0 aliphatic heterocycles. The van der Waals surface area contributed by atoms with Crippen molar-refractivity contribution in [3.8, 4) is 0 Å². The molecule has 2 rings (SSSR count). The fourth-order valence-electron chi connectivity index (χ4n) is 1.89. The van der Waals surface area contributed by atoms with E-state index in [2.05, 4.69) is 46.6 Å². The average Bonchev–Trinajstić information content (AvgIpc) is 2.46. The first kappa shape index (κ1) is 13.3. The molecule has 5 heteroatoms. The van der Waals surface area contributed by atoms with Gasteiger partial charge in [-0.15, -0.1) is 0 Å². The Morgan fingerprint density at radius 1 is 1.21 bits per heavy atom. The van der Waals surface area contributed by atoms with Crippen molar-refractivity contribution in [2.75, 3.05) is 17.4 Å². The summed E-state index contributed by atoms with van der Waals surface area (Å²) in [6.07, 6.45) is 1.04. The molecule has 0 spiro atoms. The summed E-state index contributed by atoms with van der Waals surface area (Å²) >= 11 is 0. The Hall–Kier alpha value is -2.14. The Morgan fingerprint density at radius 3 is 2.47 bits per heavy atom. The molecule has 5 nitrogen and oxygen atoms in total. The van der Waals surface area contributed by atoms with Gasteiger partial charge in [-0.25, -0.2) is 15.8 Å². The molecule has 0 aliphatic rings. The van der Waals surface area contributed by atoms with Gasteiger partial charge in [-0.05, 0) is 31.0 Å². The van der Waals surface area contributed by atoms with Crippen LogP contribution in [0.25, 0.3) is 0 Å². The maximum atomic E-state index is 5.41. The average molecular weight is 257 g/mol. The summed E-state index contributed by atoms with van der Waals surface area (Å²) in [5, 5.41) is 0. The third kappa shape index (κ3) is 3.00. The second-order valence-electron chi connectivity index (χ2n) is 4.38. The van der Waals surface area contributed by atoms with Gasteiger partial charge in [0.25, 0.3) is 0 Å². The summed E-state index contributed by atoms with van der Waals surface area (Å²) in [5.74, 6) is 7.51. The minimum atomic E-state index is 0.611. The zero-order chi connectivity index (χ0) is 13.8. The molecule has 0 saturated carbocycles. The van der Waals surface area contributed by atoms with Crippen LogP contribution in [0.1, 0.15) is 18.3 Å². The van der Waals surface area contributed by atoms with E-state index in [1.165, 1.54) is 5.56 Å². The fourth-order valence-corrected chi connectivity index (χ4v) is 1.89. The van der Waals surface area contributed by atoms with Gasteiger partial charge in [-0.3, -0.25) is 0 Å². The SMILES string of the molecule is CCc1ccc(N(C)c2cc(NN)nc(C)n2)cc1. The second-order valence-corrected chi connectivity index (χ2v) is 4.38. The monoisotopic (exact) mass is 257 g/mol. The number of nitrogens with two attached hydrogens (primary N) is 1. The van der Waals surface area contributed by atoms with Crippen LogP contribution in [0.2, 0.25) is 0 Å². The summed E-state index contributed by atoms with van der Waals surface area (Å²) < 4.78 is 0.